The first-order valence-electron chi connectivity index (χ1n) is 1.08. The Labute approximate surface area is 39.0 Å². The van der Waals surface area contributed by atoms with E-state index in [1.54, 1.807) is 13.3 Å². The van der Waals surface area contributed by atoms with Crippen molar-refractivity contribution in [3.8, 4) is 0 Å². The summed E-state index contributed by atoms with van der Waals surface area (Å²) < 4.78 is 9.59. The Morgan fingerprint density at radius 1 is 1.40 bits per heavy atom. The maximum atomic E-state index is 9.59. The van der Waals surface area contributed by atoms with Gasteiger partial charge in [0.25, 0.3) is 0 Å². The molecule has 0 bridgehead atoms. The molecule has 0 atom stereocenters. The Morgan fingerprint density at radius 3 is 1.40 bits per heavy atom. The van der Waals surface area contributed by atoms with Gasteiger partial charge in [0.2, 0.25) is 0 Å². The maximum Gasteiger partial charge on any atom is 0.332 e. The zero-order valence-electron chi connectivity index (χ0n) is 3.26. The van der Waals surface area contributed by atoms with Crippen LogP contribution in [0, 0.1) is 0 Å². The minimum atomic E-state index is -0.870. The summed E-state index contributed by atoms with van der Waals surface area (Å²) in [7, 11) is -0.870. The fraction of sp³-hybridized carbons (Fsp3) is 1.00. The summed E-state index contributed by atoms with van der Waals surface area (Å²) in [6.07, 6.45) is 0. The fourth-order valence-electron chi connectivity index (χ4n) is 0. The van der Waals surface area contributed by atoms with Gasteiger partial charge in [-0.15, -0.1) is 12.4 Å². The highest BCUT2D eigenvalue weighted by atomic mass is 35.5. The molecule has 0 radical (unpaired) electrons. The molecular weight excluding hydrogens is 106 g/mol. The normalized spacial score (nSPS) is 5.20. The molecule has 0 heterocycles. The average Bonchev–Trinajstić information content (AvgIpc) is 0.811. The zero-order valence-corrected chi connectivity index (χ0v) is 4.97. The molecule has 3 heteroatoms. The van der Waals surface area contributed by atoms with Gasteiger partial charge in [0.1, 0.15) is 13.3 Å². The van der Waals surface area contributed by atoms with Crippen LogP contribution in [0.1, 0.15) is 0 Å². The molecule has 0 saturated heterocycles. The van der Waals surface area contributed by atoms with Crippen LogP contribution in [-0.4, -0.2) is 13.3 Å². The van der Waals surface area contributed by atoms with Crippen molar-refractivity contribution in [1.82, 2.24) is 0 Å². The molecule has 0 aromatic heterocycles. The third-order valence-electron chi connectivity index (χ3n) is 0. The van der Waals surface area contributed by atoms with Gasteiger partial charge in [0.05, 0.1) is 0 Å². The SMILES string of the molecule is C[P+](C)=O.Cl. The van der Waals surface area contributed by atoms with Crippen molar-refractivity contribution in [3.63, 3.8) is 0 Å². The van der Waals surface area contributed by atoms with Crippen LogP contribution >= 0.6 is 20.2 Å². The van der Waals surface area contributed by atoms with Crippen LogP contribution in [0.15, 0.2) is 0 Å². The van der Waals surface area contributed by atoms with Crippen LogP contribution in [0.25, 0.3) is 0 Å². The van der Waals surface area contributed by atoms with Crippen molar-refractivity contribution >= 4 is 20.2 Å². The first-order valence-corrected chi connectivity index (χ1v) is 3.23. The molecule has 0 saturated carbocycles. The van der Waals surface area contributed by atoms with Gasteiger partial charge in [0.15, 0.2) is 0 Å². The van der Waals surface area contributed by atoms with Crippen LogP contribution < -0.4 is 0 Å². The fourth-order valence-corrected chi connectivity index (χ4v) is 0. The molecule has 0 amide bonds. The lowest BCUT2D eigenvalue weighted by Crippen LogP contribution is -1.33. The second kappa shape index (κ2) is 4.39. The molecule has 0 spiro atoms. The molecule has 0 aliphatic heterocycles. The van der Waals surface area contributed by atoms with Gasteiger partial charge in [-0.25, -0.2) is 0 Å². The van der Waals surface area contributed by atoms with E-state index in [1.807, 2.05) is 0 Å². The van der Waals surface area contributed by atoms with Crippen molar-refractivity contribution in [1.29, 1.82) is 0 Å². The van der Waals surface area contributed by atoms with E-state index in [2.05, 4.69) is 0 Å². The molecule has 0 fully saturated rings. The van der Waals surface area contributed by atoms with E-state index in [1.165, 1.54) is 0 Å². The molecule has 0 rings (SSSR count). The summed E-state index contributed by atoms with van der Waals surface area (Å²) in [5.74, 6) is 0. The Bertz CT molecular complexity index is 32.6. The largest absolute Gasteiger partial charge is 0.332 e. The summed E-state index contributed by atoms with van der Waals surface area (Å²) in [5, 5.41) is 0. The quantitative estimate of drug-likeness (QED) is 0.435. The van der Waals surface area contributed by atoms with Crippen molar-refractivity contribution in [2.24, 2.45) is 0 Å². The van der Waals surface area contributed by atoms with E-state index in [-0.39, 0.29) is 12.4 Å². The van der Waals surface area contributed by atoms with Gasteiger partial charge < -0.3 is 0 Å². The van der Waals surface area contributed by atoms with E-state index in [0.717, 1.165) is 0 Å². The van der Waals surface area contributed by atoms with Crippen molar-refractivity contribution in [2.45, 2.75) is 0 Å². The Hall–Kier alpha value is 0.390. The van der Waals surface area contributed by atoms with Gasteiger partial charge in [-0.1, -0.05) is 4.57 Å². The zero-order chi connectivity index (χ0) is 3.58. The lowest BCUT2D eigenvalue weighted by Gasteiger charge is -1.37. The van der Waals surface area contributed by atoms with E-state index in [4.69, 9.17) is 0 Å². The highest BCUT2D eigenvalue weighted by Gasteiger charge is 1.80. The Morgan fingerprint density at radius 2 is 1.40 bits per heavy atom. The van der Waals surface area contributed by atoms with E-state index in [0.29, 0.717) is 0 Å². The highest BCUT2D eigenvalue weighted by molar-refractivity contribution is 7.42. The Balaban J connectivity index is 0. The number of hydrogen-bond donors (Lipinski definition) is 0. The minimum absolute atomic E-state index is 0. The first kappa shape index (κ1) is 9.04. The monoisotopic (exact) mass is 113 g/mol. The third-order valence-corrected chi connectivity index (χ3v) is 0. The van der Waals surface area contributed by atoms with Gasteiger partial charge in [-0.3, -0.25) is 0 Å². The maximum absolute atomic E-state index is 9.59. The third kappa shape index (κ3) is 165. The second-order valence-electron chi connectivity index (χ2n) is 0.812. The van der Waals surface area contributed by atoms with Gasteiger partial charge in [-0.05, 0) is 0 Å². The summed E-state index contributed by atoms with van der Waals surface area (Å²) in [6.45, 7) is 3.35. The lowest BCUT2D eigenvalue weighted by molar-refractivity contribution is 0.594. The Kier molecular flexibility index (Phi) is 7.94. The summed E-state index contributed by atoms with van der Waals surface area (Å²) in [6, 6.07) is 0. The van der Waals surface area contributed by atoms with Gasteiger partial charge in [-0.2, -0.15) is 0 Å². The predicted molar refractivity (Wildman–Crippen MR) is 26.7 cm³/mol. The summed E-state index contributed by atoms with van der Waals surface area (Å²) >= 11 is 0. The number of halogens is 1. The number of hydrogen-bond acceptors (Lipinski definition) is 1. The van der Waals surface area contributed by atoms with Crippen LogP contribution in [0.3, 0.4) is 0 Å². The van der Waals surface area contributed by atoms with Crippen LogP contribution in [0.5, 0.6) is 0 Å². The predicted octanol–water partition coefficient (Wildman–Crippen LogP) is 1.50. The molecule has 0 aromatic carbocycles. The molecule has 0 aromatic rings. The van der Waals surface area contributed by atoms with Crippen LogP contribution in [-0.2, 0) is 4.57 Å². The minimum Gasteiger partial charge on any atom is -0.147 e. The molecule has 32 valence electrons. The molecule has 0 unspecified atom stereocenters. The smallest absolute Gasteiger partial charge is 0.147 e. The van der Waals surface area contributed by atoms with E-state index >= 15 is 0 Å². The highest BCUT2D eigenvalue weighted by Crippen LogP contribution is 2.00. The molecule has 1 nitrogen and oxygen atoms in total. The average molecular weight is 114 g/mol. The van der Waals surface area contributed by atoms with Crippen molar-refractivity contribution in [2.75, 3.05) is 13.3 Å². The lowest BCUT2D eigenvalue weighted by atomic mass is 11.9. The number of rotatable bonds is 0. The van der Waals surface area contributed by atoms with Crippen molar-refractivity contribution in [3.05, 3.63) is 0 Å². The first-order chi connectivity index (χ1) is 1.73. The summed E-state index contributed by atoms with van der Waals surface area (Å²) in [4.78, 5) is 0. The van der Waals surface area contributed by atoms with E-state index in [9.17, 15) is 4.57 Å². The van der Waals surface area contributed by atoms with Crippen molar-refractivity contribution < 1.29 is 4.57 Å². The standard InChI is InChI=1S/C2H6OP.ClH/c1-4(2)3;/h1-2H3;1H/q+1;. The molecule has 0 aliphatic rings. The second-order valence-corrected chi connectivity index (χ2v) is 2.44. The molecular formula is C2H7ClOP+. The summed E-state index contributed by atoms with van der Waals surface area (Å²) in [5.41, 5.74) is 0. The molecule has 0 aliphatic carbocycles. The van der Waals surface area contributed by atoms with Gasteiger partial charge in [0, 0.05) is 0 Å². The van der Waals surface area contributed by atoms with Crippen LogP contribution in [0.2, 0.25) is 0 Å². The molecule has 5 heavy (non-hydrogen) atoms. The topological polar surface area (TPSA) is 17.1 Å². The van der Waals surface area contributed by atoms with Gasteiger partial charge >= 0.3 is 7.80 Å². The van der Waals surface area contributed by atoms with E-state index < -0.39 is 7.80 Å². The van der Waals surface area contributed by atoms with Crippen LogP contribution in [0.4, 0.5) is 0 Å². The molecule has 0 N–H and O–H groups in total.